The summed E-state index contributed by atoms with van der Waals surface area (Å²) in [4.78, 5) is 31.6. The molecule has 3 aromatic rings. The molecule has 0 aliphatic carbocycles. The van der Waals surface area contributed by atoms with Crippen molar-refractivity contribution in [1.82, 2.24) is 20.6 Å². The van der Waals surface area contributed by atoms with Gasteiger partial charge in [0.25, 0.3) is 5.91 Å². The number of amides is 2. The summed E-state index contributed by atoms with van der Waals surface area (Å²) >= 11 is 0. The van der Waals surface area contributed by atoms with Crippen LogP contribution < -0.4 is 15.4 Å². The number of hydrogen-bond donors (Lipinski definition) is 3. The number of para-hydroxylation sites is 2. The van der Waals surface area contributed by atoms with Crippen LogP contribution in [0.25, 0.3) is 11.0 Å². The lowest BCUT2D eigenvalue weighted by molar-refractivity contribution is -0.120. The van der Waals surface area contributed by atoms with Crippen LogP contribution in [0, 0.1) is 0 Å². The van der Waals surface area contributed by atoms with Gasteiger partial charge in [0, 0.05) is 18.5 Å². The molecule has 7 nitrogen and oxygen atoms in total. The Hall–Kier alpha value is -3.35. The van der Waals surface area contributed by atoms with Crippen LogP contribution in [-0.4, -0.2) is 42.0 Å². The van der Waals surface area contributed by atoms with E-state index in [2.05, 4.69) is 20.6 Å². The van der Waals surface area contributed by atoms with E-state index in [4.69, 9.17) is 4.74 Å². The third-order valence-electron chi connectivity index (χ3n) is 4.11. The van der Waals surface area contributed by atoms with Gasteiger partial charge >= 0.3 is 0 Å². The van der Waals surface area contributed by atoms with Gasteiger partial charge in [0.2, 0.25) is 5.91 Å². The molecule has 27 heavy (non-hydrogen) atoms. The van der Waals surface area contributed by atoms with E-state index in [9.17, 15) is 9.59 Å². The maximum absolute atomic E-state index is 12.0. The molecule has 0 saturated carbocycles. The Kier molecular flexibility index (Phi) is 6.04. The highest BCUT2D eigenvalue weighted by Crippen LogP contribution is 2.11. The first-order valence-electron chi connectivity index (χ1n) is 8.78. The number of ether oxygens (including phenoxy) is 1. The average molecular weight is 366 g/mol. The fourth-order valence-electron chi connectivity index (χ4n) is 2.68. The van der Waals surface area contributed by atoms with Crippen LogP contribution in [0.5, 0.6) is 5.75 Å². The van der Waals surface area contributed by atoms with Crippen molar-refractivity contribution in [3.63, 3.8) is 0 Å². The molecule has 7 heteroatoms. The molecular formula is C20H22N4O3. The fourth-order valence-corrected chi connectivity index (χ4v) is 2.68. The Bertz CT molecular complexity index is 885. The van der Waals surface area contributed by atoms with Crippen molar-refractivity contribution in [1.29, 1.82) is 0 Å². The molecule has 0 saturated heterocycles. The third kappa shape index (κ3) is 5.07. The molecule has 0 bridgehead atoms. The van der Waals surface area contributed by atoms with E-state index in [1.807, 2.05) is 24.3 Å². The lowest BCUT2D eigenvalue weighted by Gasteiger charge is -2.07. The average Bonchev–Trinajstić information content (AvgIpc) is 3.12. The number of hydrogen-bond acceptors (Lipinski definition) is 4. The largest absolute Gasteiger partial charge is 0.497 e. The first kappa shape index (κ1) is 18.4. The predicted octanol–water partition coefficient (Wildman–Crippen LogP) is 2.05. The van der Waals surface area contributed by atoms with E-state index < -0.39 is 0 Å². The maximum atomic E-state index is 12.0. The summed E-state index contributed by atoms with van der Waals surface area (Å²) in [6.07, 6.45) is 1.51. The summed E-state index contributed by atoms with van der Waals surface area (Å²) in [7, 11) is 1.56. The lowest BCUT2D eigenvalue weighted by atomic mass is 10.2. The fraction of sp³-hybridized carbons (Fsp3) is 0.250. The van der Waals surface area contributed by atoms with E-state index in [0.717, 1.165) is 29.7 Å². The quantitative estimate of drug-likeness (QED) is 0.532. The molecule has 0 unspecified atom stereocenters. The van der Waals surface area contributed by atoms with Gasteiger partial charge in [-0.2, -0.15) is 0 Å². The van der Waals surface area contributed by atoms with Gasteiger partial charge in [-0.3, -0.25) is 9.59 Å². The molecule has 3 rings (SSSR count). The van der Waals surface area contributed by atoms with Crippen LogP contribution in [0.3, 0.4) is 0 Å². The van der Waals surface area contributed by atoms with Gasteiger partial charge in [-0.1, -0.05) is 12.1 Å². The van der Waals surface area contributed by atoms with Gasteiger partial charge in [-0.25, -0.2) is 4.98 Å². The van der Waals surface area contributed by atoms with Crippen molar-refractivity contribution < 1.29 is 14.3 Å². The molecule has 1 aromatic heterocycles. The molecule has 0 spiro atoms. The second-order valence-electron chi connectivity index (χ2n) is 6.07. The van der Waals surface area contributed by atoms with Crippen LogP contribution in [0.4, 0.5) is 0 Å². The van der Waals surface area contributed by atoms with Crippen LogP contribution >= 0.6 is 0 Å². The third-order valence-corrected chi connectivity index (χ3v) is 4.11. The number of benzene rings is 2. The lowest BCUT2D eigenvalue weighted by Crippen LogP contribution is -2.37. The molecule has 140 valence electrons. The molecule has 0 atom stereocenters. The molecule has 3 N–H and O–H groups in total. The second-order valence-corrected chi connectivity index (χ2v) is 6.07. The second kappa shape index (κ2) is 8.84. The highest BCUT2D eigenvalue weighted by molar-refractivity contribution is 5.96. The van der Waals surface area contributed by atoms with E-state index in [1.54, 1.807) is 31.4 Å². The zero-order valence-electron chi connectivity index (χ0n) is 15.1. The van der Waals surface area contributed by atoms with Gasteiger partial charge in [-0.15, -0.1) is 0 Å². The van der Waals surface area contributed by atoms with Crippen molar-refractivity contribution in [2.24, 2.45) is 0 Å². The van der Waals surface area contributed by atoms with Crippen LogP contribution in [-0.2, 0) is 11.2 Å². The number of nitrogens with one attached hydrogen (secondary N) is 3. The van der Waals surface area contributed by atoms with Crippen LogP contribution in [0.15, 0.2) is 48.5 Å². The number of carbonyl (C=O) groups excluding carboxylic acids is 2. The van der Waals surface area contributed by atoms with Crippen molar-refractivity contribution in [3.05, 3.63) is 59.9 Å². The highest BCUT2D eigenvalue weighted by atomic mass is 16.5. The normalized spacial score (nSPS) is 10.6. The van der Waals surface area contributed by atoms with Gasteiger partial charge in [0.1, 0.15) is 11.6 Å². The predicted molar refractivity (Wildman–Crippen MR) is 103 cm³/mol. The van der Waals surface area contributed by atoms with E-state index >= 15 is 0 Å². The topological polar surface area (TPSA) is 96.1 Å². The van der Waals surface area contributed by atoms with Gasteiger partial charge in [0.15, 0.2) is 0 Å². The number of fused-ring (bicyclic) bond motifs is 1. The zero-order chi connectivity index (χ0) is 19.1. The standard InChI is InChI=1S/C20H22N4O3/c1-27-15-10-8-14(9-11-15)20(26)22-13-19(25)21-12-4-7-18-23-16-5-2-3-6-17(16)24-18/h2-3,5-6,8-11H,4,7,12-13H2,1H3,(H,21,25)(H,22,26)(H,23,24). The first-order valence-corrected chi connectivity index (χ1v) is 8.78. The van der Waals surface area contributed by atoms with Crippen molar-refractivity contribution in [3.8, 4) is 5.75 Å². The SMILES string of the molecule is COc1ccc(C(=O)NCC(=O)NCCCc2nc3ccccc3[nH]2)cc1. The van der Waals surface area contributed by atoms with Gasteiger partial charge in [0.05, 0.1) is 24.7 Å². The molecule has 1 heterocycles. The number of aromatic nitrogens is 2. The number of nitrogens with zero attached hydrogens (tertiary/aromatic N) is 1. The van der Waals surface area contributed by atoms with E-state index in [1.165, 1.54) is 0 Å². The zero-order valence-corrected chi connectivity index (χ0v) is 15.1. The van der Waals surface area contributed by atoms with Gasteiger partial charge < -0.3 is 20.4 Å². The smallest absolute Gasteiger partial charge is 0.251 e. The van der Waals surface area contributed by atoms with Crippen LogP contribution in [0.2, 0.25) is 0 Å². The summed E-state index contributed by atoms with van der Waals surface area (Å²) in [6.45, 7) is 0.462. The summed E-state index contributed by atoms with van der Waals surface area (Å²) in [5, 5.41) is 5.40. The number of aromatic amines is 1. The maximum Gasteiger partial charge on any atom is 0.251 e. The molecule has 0 aliphatic rings. The highest BCUT2D eigenvalue weighted by Gasteiger charge is 2.08. The number of aryl methyl sites for hydroxylation is 1. The minimum atomic E-state index is -0.296. The molecule has 0 radical (unpaired) electrons. The Morgan fingerprint density at radius 2 is 1.85 bits per heavy atom. The minimum absolute atomic E-state index is 0.0600. The summed E-state index contributed by atoms with van der Waals surface area (Å²) in [6, 6.07) is 14.6. The van der Waals surface area contributed by atoms with E-state index in [0.29, 0.717) is 17.9 Å². The minimum Gasteiger partial charge on any atom is -0.497 e. The van der Waals surface area contributed by atoms with Crippen molar-refractivity contribution in [2.75, 3.05) is 20.2 Å². The number of carbonyl (C=O) groups is 2. The molecular weight excluding hydrogens is 344 g/mol. The Morgan fingerprint density at radius 3 is 2.59 bits per heavy atom. The number of methoxy groups -OCH3 is 1. The Labute approximate surface area is 157 Å². The molecule has 0 fully saturated rings. The number of H-pyrrole nitrogens is 1. The summed E-state index contributed by atoms with van der Waals surface area (Å²) < 4.78 is 5.05. The number of imidazole rings is 1. The molecule has 2 amide bonds. The Balaban J connectivity index is 1.36. The monoisotopic (exact) mass is 366 g/mol. The first-order chi connectivity index (χ1) is 13.2. The molecule has 2 aromatic carbocycles. The number of rotatable bonds is 8. The Morgan fingerprint density at radius 1 is 1.07 bits per heavy atom. The van der Waals surface area contributed by atoms with E-state index in [-0.39, 0.29) is 18.4 Å². The van der Waals surface area contributed by atoms with Crippen LogP contribution in [0.1, 0.15) is 22.6 Å². The van der Waals surface area contributed by atoms with Crippen molar-refractivity contribution in [2.45, 2.75) is 12.8 Å². The summed E-state index contributed by atoms with van der Waals surface area (Å²) in [5.74, 6) is 1.06. The van der Waals surface area contributed by atoms with Gasteiger partial charge in [-0.05, 0) is 42.8 Å². The molecule has 0 aliphatic heterocycles. The summed E-state index contributed by atoms with van der Waals surface area (Å²) in [5.41, 5.74) is 2.43. The van der Waals surface area contributed by atoms with Crippen molar-refractivity contribution >= 4 is 22.8 Å².